The van der Waals surface area contributed by atoms with Crippen LogP contribution in [-0.4, -0.2) is 17.1 Å². The Balaban J connectivity index is 1.74. The van der Waals surface area contributed by atoms with Gasteiger partial charge in [-0.25, -0.2) is 0 Å². The number of rotatable bonds is 5. The lowest BCUT2D eigenvalue weighted by atomic mass is 10.0. The predicted molar refractivity (Wildman–Crippen MR) is 110 cm³/mol. The zero-order valence-corrected chi connectivity index (χ0v) is 16.0. The van der Waals surface area contributed by atoms with Crippen LogP contribution in [0.1, 0.15) is 35.7 Å². The zero-order valence-electron chi connectivity index (χ0n) is 15.2. The molecular formula is C22H22N2OS. The van der Waals surface area contributed by atoms with Crippen LogP contribution < -0.4 is 5.32 Å². The maximum absolute atomic E-state index is 12.4. The van der Waals surface area contributed by atoms with Gasteiger partial charge in [-0.3, -0.25) is 9.78 Å². The smallest absolute Gasteiger partial charge is 0.257 e. The van der Waals surface area contributed by atoms with Gasteiger partial charge in [0.15, 0.2) is 0 Å². The lowest BCUT2D eigenvalue weighted by molar-refractivity contribution is 0.102. The number of anilines is 1. The van der Waals surface area contributed by atoms with Crippen LogP contribution in [0.4, 0.5) is 5.69 Å². The number of carbonyl (C=O) groups excluding carboxylic acids is 1. The molecule has 4 heteroatoms. The number of benzene rings is 2. The average Bonchev–Trinajstić information content (AvgIpc) is 2.68. The number of thioether (sulfide) groups is 1. The molecular weight excluding hydrogens is 340 g/mol. The van der Waals surface area contributed by atoms with E-state index in [1.165, 1.54) is 10.5 Å². The highest BCUT2D eigenvalue weighted by Crippen LogP contribution is 2.28. The zero-order chi connectivity index (χ0) is 18.5. The van der Waals surface area contributed by atoms with Crippen molar-refractivity contribution < 1.29 is 4.79 Å². The third-order valence-electron chi connectivity index (χ3n) is 4.24. The predicted octanol–water partition coefficient (Wildman–Crippen LogP) is 5.85. The standard InChI is InChI=1S/C22H22N2OS/c1-15(2)16-8-11-18(12-9-16)24-22(25)17-10-13-20(23-14-17)19-6-4-5-7-21(19)26-3/h4-15H,1-3H3,(H,24,25). The molecule has 0 unspecified atom stereocenters. The molecule has 1 aromatic heterocycles. The van der Waals surface area contributed by atoms with E-state index in [4.69, 9.17) is 0 Å². The summed E-state index contributed by atoms with van der Waals surface area (Å²) < 4.78 is 0. The van der Waals surface area contributed by atoms with Crippen LogP contribution in [0.3, 0.4) is 0 Å². The van der Waals surface area contributed by atoms with Gasteiger partial charge in [0.1, 0.15) is 0 Å². The first kappa shape index (κ1) is 18.2. The third kappa shape index (κ3) is 4.14. The SMILES string of the molecule is CSc1ccccc1-c1ccc(C(=O)Nc2ccc(C(C)C)cc2)cn1. The van der Waals surface area contributed by atoms with Gasteiger partial charge in [-0.15, -0.1) is 11.8 Å². The molecule has 1 N–H and O–H groups in total. The Morgan fingerprint density at radius 2 is 1.73 bits per heavy atom. The molecule has 0 fully saturated rings. The minimum Gasteiger partial charge on any atom is -0.322 e. The summed E-state index contributed by atoms with van der Waals surface area (Å²) in [5.74, 6) is 0.320. The molecule has 0 bridgehead atoms. The fraction of sp³-hybridized carbons (Fsp3) is 0.182. The van der Waals surface area contributed by atoms with Crippen molar-refractivity contribution in [3.8, 4) is 11.3 Å². The molecule has 0 saturated heterocycles. The van der Waals surface area contributed by atoms with E-state index in [9.17, 15) is 4.79 Å². The Morgan fingerprint density at radius 3 is 2.35 bits per heavy atom. The van der Waals surface area contributed by atoms with E-state index < -0.39 is 0 Å². The normalized spacial score (nSPS) is 10.8. The summed E-state index contributed by atoms with van der Waals surface area (Å²) >= 11 is 1.69. The summed E-state index contributed by atoms with van der Waals surface area (Å²) in [5.41, 5.74) is 4.53. The summed E-state index contributed by atoms with van der Waals surface area (Å²) in [6.07, 6.45) is 3.68. The van der Waals surface area contributed by atoms with E-state index in [-0.39, 0.29) is 5.91 Å². The van der Waals surface area contributed by atoms with Gasteiger partial charge in [0.2, 0.25) is 0 Å². The van der Waals surface area contributed by atoms with E-state index in [1.54, 1.807) is 18.0 Å². The van der Waals surface area contributed by atoms with Gasteiger partial charge >= 0.3 is 0 Å². The van der Waals surface area contributed by atoms with Crippen LogP contribution in [0.15, 0.2) is 71.8 Å². The Labute approximate surface area is 158 Å². The molecule has 0 aliphatic carbocycles. The highest BCUT2D eigenvalue weighted by molar-refractivity contribution is 7.98. The largest absolute Gasteiger partial charge is 0.322 e. The second-order valence-corrected chi connectivity index (χ2v) is 7.21. The first-order valence-corrected chi connectivity index (χ1v) is 9.81. The van der Waals surface area contributed by atoms with Crippen LogP contribution in [0.25, 0.3) is 11.3 Å². The summed E-state index contributed by atoms with van der Waals surface area (Å²) in [6, 6.07) is 19.8. The van der Waals surface area contributed by atoms with Gasteiger partial charge in [0.05, 0.1) is 11.3 Å². The summed E-state index contributed by atoms with van der Waals surface area (Å²) in [6.45, 7) is 4.30. The van der Waals surface area contributed by atoms with Crippen molar-refractivity contribution in [2.75, 3.05) is 11.6 Å². The lowest BCUT2D eigenvalue weighted by Gasteiger charge is -2.09. The van der Waals surface area contributed by atoms with E-state index in [0.29, 0.717) is 11.5 Å². The van der Waals surface area contributed by atoms with Crippen molar-refractivity contribution in [1.82, 2.24) is 4.98 Å². The molecule has 3 nitrogen and oxygen atoms in total. The average molecular weight is 362 g/mol. The molecule has 2 aromatic carbocycles. The second-order valence-electron chi connectivity index (χ2n) is 6.36. The van der Waals surface area contributed by atoms with Gasteiger partial charge in [-0.1, -0.05) is 44.2 Å². The number of hydrogen-bond acceptors (Lipinski definition) is 3. The third-order valence-corrected chi connectivity index (χ3v) is 5.04. The Hall–Kier alpha value is -2.59. The summed E-state index contributed by atoms with van der Waals surface area (Å²) in [5, 5.41) is 2.92. The number of hydrogen-bond donors (Lipinski definition) is 1. The van der Waals surface area contributed by atoms with Crippen molar-refractivity contribution in [2.24, 2.45) is 0 Å². The van der Waals surface area contributed by atoms with Gasteiger partial charge in [-0.2, -0.15) is 0 Å². The van der Waals surface area contributed by atoms with E-state index >= 15 is 0 Å². The van der Waals surface area contributed by atoms with Crippen LogP contribution in [0.2, 0.25) is 0 Å². The van der Waals surface area contributed by atoms with Gasteiger partial charge in [0, 0.05) is 22.3 Å². The monoisotopic (exact) mass is 362 g/mol. The molecule has 0 aliphatic heterocycles. The Kier molecular flexibility index (Phi) is 5.74. The van der Waals surface area contributed by atoms with E-state index in [1.807, 2.05) is 60.9 Å². The molecule has 3 aromatic rings. The van der Waals surface area contributed by atoms with Gasteiger partial charge < -0.3 is 5.32 Å². The maximum Gasteiger partial charge on any atom is 0.257 e. The first-order valence-electron chi connectivity index (χ1n) is 8.59. The number of nitrogens with zero attached hydrogens (tertiary/aromatic N) is 1. The number of nitrogens with one attached hydrogen (secondary N) is 1. The Morgan fingerprint density at radius 1 is 1.00 bits per heavy atom. The van der Waals surface area contributed by atoms with Crippen LogP contribution in [-0.2, 0) is 0 Å². The van der Waals surface area contributed by atoms with Crippen molar-refractivity contribution in [1.29, 1.82) is 0 Å². The molecule has 1 amide bonds. The number of aromatic nitrogens is 1. The molecule has 132 valence electrons. The Bertz CT molecular complexity index is 887. The molecule has 0 spiro atoms. The van der Waals surface area contributed by atoms with Crippen molar-refractivity contribution in [3.63, 3.8) is 0 Å². The highest BCUT2D eigenvalue weighted by Gasteiger charge is 2.10. The molecule has 0 atom stereocenters. The minimum absolute atomic E-state index is 0.153. The topological polar surface area (TPSA) is 42.0 Å². The van der Waals surface area contributed by atoms with E-state index in [2.05, 4.69) is 30.2 Å². The number of amides is 1. The van der Waals surface area contributed by atoms with E-state index in [0.717, 1.165) is 16.9 Å². The maximum atomic E-state index is 12.4. The molecule has 0 saturated carbocycles. The highest BCUT2D eigenvalue weighted by atomic mass is 32.2. The van der Waals surface area contributed by atoms with Crippen molar-refractivity contribution in [2.45, 2.75) is 24.7 Å². The van der Waals surface area contributed by atoms with Crippen molar-refractivity contribution >= 4 is 23.4 Å². The second kappa shape index (κ2) is 8.19. The van der Waals surface area contributed by atoms with Crippen LogP contribution in [0, 0.1) is 0 Å². The fourth-order valence-corrected chi connectivity index (χ4v) is 3.31. The quantitative estimate of drug-likeness (QED) is 0.579. The summed E-state index contributed by atoms with van der Waals surface area (Å²) in [4.78, 5) is 18.1. The van der Waals surface area contributed by atoms with Crippen molar-refractivity contribution in [3.05, 3.63) is 78.0 Å². The van der Waals surface area contributed by atoms with Crippen LogP contribution >= 0.6 is 11.8 Å². The molecule has 1 heterocycles. The first-order chi connectivity index (χ1) is 12.6. The summed E-state index contributed by atoms with van der Waals surface area (Å²) in [7, 11) is 0. The lowest BCUT2D eigenvalue weighted by Crippen LogP contribution is -2.12. The molecule has 0 radical (unpaired) electrons. The van der Waals surface area contributed by atoms with Crippen LogP contribution in [0.5, 0.6) is 0 Å². The fourth-order valence-electron chi connectivity index (χ4n) is 2.70. The number of pyridine rings is 1. The minimum atomic E-state index is -0.153. The molecule has 3 rings (SSSR count). The number of carbonyl (C=O) groups is 1. The van der Waals surface area contributed by atoms with Gasteiger partial charge in [0.25, 0.3) is 5.91 Å². The molecule has 26 heavy (non-hydrogen) atoms. The molecule has 0 aliphatic rings. The van der Waals surface area contributed by atoms with Gasteiger partial charge in [-0.05, 0) is 48.1 Å².